The molecule has 2 aliphatic rings. The van der Waals surface area contributed by atoms with Crippen LogP contribution >= 0.6 is 11.8 Å². The first-order valence-corrected chi connectivity index (χ1v) is 7.97. The summed E-state index contributed by atoms with van der Waals surface area (Å²) < 4.78 is 6.19. The topological polar surface area (TPSA) is 21.3 Å². The van der Waals surface area contributed by atoms with Gasteiger partial charge in [0.2, 0.25) is 0 Å². The minimum atomic E-state index is 0.324. The van der Waals surface area contributed by atoms with E-state index in [2.05, 4.69) is 36.5 Å². The fraction of sp³-hybridized carbons (Fsp3) is 0.600. The number of benzene rings is 1. The number of nitrogens with one attached hydrogen (secondary N) is 1. The molecule has 0 amide bonds. The number of ether oxygens (including phenoxy) is 1. The normalized spacial score (nSPS) is 24.2. The predicted molar refractivity (Wildman–Crippen MR) is 76.4 cm³/mol. The highest BCUT2D eigenvalue weighted by Crippen LogP contribution is 2.39. The molecule has 18 heavy (non-hydrogen) atoms. The average molecular weight is 263 g/mol. The van der Waals surface area contributed by atoms with E-state index < -0.39 is 0 Å². The Labute approximate surface area is 113 Å². The molecule has 1 aromatic rings. The van der Waals surface area contributed by atoms with E-state index >= 15 is 0 Å². The van der Waals surface area contributed by atoms with Gasteiger partial charge >= 0.3 is 0 Å². The molecule has 2 atom stereocenters. The molecule has 0 bridgehead atoms. The molecule has 0 radical (unpaired) electrons. The molecule has 1 N–H and O–H groups in total. The maximum atomic E-state index is 6.19. The number of hydrogen-bond acceptors (Lipinski definition) is 3. The maximum Gasteiger partial charge on any atom is 0.133 e. The summed E-state index contributed by atoms with van der Waals surface area (Å²) in [5.74, 6) is 3.08. The summed E-state index contributed by atoms with van der Waals surface area (Å²) in [5.41, 5.74) is 0. The number of hydrogen-bond donors (Lipinski definition) is 1. The lowest BCUT2D eigenvalue weighted by Gasteiger charge is -2.32. The van der Waals surface area contributed by atoms with Crippen LogP contribution in [0.15, 0.2) is 29.2 Å². The highest BCUT2D eigenvalue weighted by molar-refractivity contribution is 7.99. The van der Waals surface area contributed by atoms with Gasteiger partial charge in [-0.1, -0.05) is 31.9 Å². The molecule has 1 aliphatic heterocycles. The van der Waals surface area contributed by atoms with Crippen molar-refractivity contribution in [3.63, 3.8) is 0 Å². The third-order valence-electron chi connectivity index (χ3n) is 3.73. The van der Waals surface area contributed by atoms with Gasteiger partial charge in [-0.25, -0.2) is 0 Å². The fourth-order valence-corrected chi connectivity index (χ4v) is 3.65. The molecule has 0 saturated heterocycles. The van der Waals surface area contributed by atoms with E-state index in [1.54, 1.807) is 0 Å². The smallest absolute Gasteiger partial charge is 0.133 e. The molecule has 0 spiro atoms. The van der Waals surface area contributed by atoms with Gasteiger partial charge in [-0.2, -0.15) is 0 Å². The molecule has 2 unspecified atom stereocenters. The summed E-state index contributed by atoms with van der Waals surface area (Å²) in [7, 11) is 0. The van der Waals surface area contributed by atoms with Crippen molar-refractivity contribution in [2.24, 2.45) is 5.92 Å². The fourth-order valence-electron chi connectivity index (χ4n) is 2.58. The summed E-state index contributed by atoms with van der Waals surface area (Å²) in [5, 5.41) is 3.62. The molecule has 0 aromatic heterocycles. The molecule has 2 nitrogen and oxygen atoms in total. The van der Waals surface area contributed by atoms with Crippen LogP contribution in [0.1, 0.15) is 26.2 Å². The van der Waals surface area contributed by atoms with Crippen molar-refractivity contribution >= 4 is 11.8 Å². The van der Waals surface area contributed by atoms with Crippen LogP contribution in [0.3, 0.4) is 0 Å². The summed E-state index contributed by atoms with van der Waals surface area (Å²) in [6, 6.07) is 8.91. The standard InChI is InChI=1S/C15H21NOS/c1-2-16-12(9-11-7-8-11)14-10-18-15-6-4-3-5-13(15)17-14/h3-6,11-12,14,16H,2,7-10H2,1H3. The highest BCUT2D eigenvalue weighted by atomic mass is 32.2. The van der Waals surface area contributed by atoms with E-state index in [4.69, 9.17) is 4.74 Å². The molecule has 98 valence electrons. The first-order valence-electron chi connectivity index (χ1n) is 6.98. The minimum Gasteiger partial charge on any atom is -0.487 e. The van der Waals surface area contributed by atoms with Crippen molar-refractivity contribution in [3.8, 4) is 5.75 Å². The molecule has 1 heterocycles. The SMILES string of the molecule is CCNC(CC1CC1)C1CSc2ccccc2O1. The van der Waals surface area contributed by atoms with E-state index in [0.717, 1.165) is 24.0 Å². The van der Waals surface area contributed by atoms with Crippen molar-refractivity contribution in [3.05, 3.63) is 24.3 Å². The zero-order valence-corrected chi connectivity index (χ0v) is 11.7. The monoisotopic (exact) mass is 263 g/mol. The number of likely N-dealkylation sites (N-methyl/N-ethyl adjacent to an activating group) is 1. The van der Waals surface area contributed by atoms with Gasteiger partial charge in [0.05, 0.1) is 0 Å². The van der Waals surface area contributed by atoms with Crippen LogP contribution in [-0.2, 0) is 0 Å². The van der Waals surface area contributed by atoms with Crippen LogP contribution in [0.4, 0.5) is 0 Å². The quantitative estimate of drug-likeness (QED) is 0.880. The van der Waals surface area contributed by atoms with Gasteiger partial charge in [0.25, 0.3) is 0 Å². The molecule has 3 rings (SSSR count). The van der Waals surface area contributed by atoms with Crippen LogP contribution < -0.4 is 10.1 Å². The second kappa shape index (κ2) is 5.54. The molecular formula is C15H21NOS. The van der Waals surface area contributed by atoms with E-state index in [9.17, 15) is 0 Å². The van der Waals surface area contributed by atoms with E-state index in [1.165, 1.54) is 24.2 Å². The van der Waals surface area contributed by atoms with Gasteiger partial charge in [-0.3, -0.25) is 0 Å². The van der Waals surface area contributed by atoms with Gasteiger partial charge in [0.15, 0.2) is 0 Å². The minimum absolute atomic E-state index is 0.324. The van der Waals surface area contributed by atoms with Crippen molar-refractivity contribution in [2.45, 2.75) is 43.2 Å². The van der Waals surface area contributed by atoms with E-state index in [0.29, 0.717) is 12.1 Å². The van der Waals surface area contributed by atoms with Gasteiger partial charge in [0.1, 0.15) is 11.9 Å². The largest absolute Gasteiger partial charge is 0.487 e. The van der Waals surface area contributed by atoms with Crippen LogP contribution in [0, 0.1) is 5.92 Å². The Morgan fingerprint density at radius 2 is 2.22 bits per heavy atom. The first kappa shape index (κ1) is 12.4. The molecule has 1 aliphatic carbocycles. The lowest BCUT2D eigenvalue weighted by atomic mass is 10.1. The summed E-state index contributed by atoms with van der Waals surface area (Å²) in [4.78, 5) is 1.29. The summed E-state index contributed by atoms with van der Waals surface area (Å²) in [6.45, 7) is 3.22. The Kier molecular flexibility index (Phi) is 3.80. The van der Waals surface area contributed by atoms with Crippen molar-refractivity contribution in [1.29, 1.82) is 0 Å². The third kappa shape index (κ3) is 2.83. The molecule has 1 saturated carbocycles. The van der Waals surface area contributed by atoms with Gasteiger partial charge < -0.3 is 10.1 Å². The second-order valence-corrected chi connectivity index (χ2v) is 6.32. The Morgan fingerprint density at radius 3 is 3.00 bits per heavy atom. The van der Waals surface area contributed by atoms with Crippen molar-refractivity contribution < 1.29 is 4.74 Å². The average Bonchev–Trinajstić information content (AvgIpc) is 3.22. The summed E-state index contributed by atoms with van der Waals surface area (Å²) >= 11 is 1.93. The second-order valence-electron chi connectivity index (χ2n) is 5.26. The number of thioether (sulfide) groups is 1. The van der Waals surface area contributed by atoms with Crippen molar-refractivity contribution in [1.82, 2.24) is 5.32 Å². The van der Waals surface area contributed by atoms with Crippen molar-refractivity contribution in [2.75, 3.05) is 12.3 Å². The Morgan fingerprint density at radius 1 is 1.39 bits per heavy atom. The molecule has 1 aromatic carbocycles. The van der Waals surface area contributed by atoms with Gasteiger partial charge in [0, 0.05) is 16.7 Å². The van der Waals surface area contributed by atoms with Crippen LogP contribution in [-0.4, -0.2) is 24.4 Å². The lowest BCUT2D eigenvalue weighted by molar-refractivity contribution is 0.158. The molecule has 1 fully saturated rings. The Bertz CT molecular complexity index is 405. The predicted octanol–water partition coefficient (Wildman–Crippen LogP) is 3.32. The number of fused-ring (bicyclic) bond motifs is 1. The van der Waals surface area contributed by atoms with Gasteiger partial charge in [-0.05, 0) is 31.0 Å². The zero-order valence-electron chi connectivity index (χ0n) is 10.9. The zero-order chi connectivity index (χ0) is 12.4. The number of rotatable bonds is 5. The van der Waals surface area contributed by atoms with E-state index in [1.807, 2.05) is 11.8 Å². The highest BCUT2D eigenvalue weighted by Gasteiger charge is 2.32. The van der Waals surface area contributed by atoms with Crippen LogP contribution in [0.25, 0.3) is 0 Å². The molecular weight excluding hydrogens is 242 g/mol. The maximum absolute atomic E-state index is 6.19. The summed E-state index contributed by atoms with van der Waals surface area (Å²) in [6.07, 6.45) is 4.43. The van der Waals surface area contributed by atoms with Gasteiger partial charge in [-0.15, -0.1) is 11.8 Å². The lowest BCUT2D eigenvalue weighted by Crippen LogP contribution is -2.45. The molecule has 3 heteroatoms. The van der Waals surface area contributed by atoms with Crippen LogP contribution in [0.5, 0.6) is 5.75 Å². The Hall–Kier alpha value is -0.670. The Balaban J connectivity index is 1.68. The third-order valence-corrected chi connectivity index (χ3v) is 4.87. The van der Waals surface area contributed by atoms with E-state index in [-0.39, 0.29) is 0 Å². The first-order chi connectivity index (χ1) is 8.86. The number of para-hydroxylation sites is 1. The van der Waals surface area contributed by atoms with Crippen LogP contribution in [0.2, 0.25) is 0 Å².